The van der Waals surface area contributed by atoms with Gasteiger partial charge in [-0.05, 0) is 48.9 Å². The third-order valence-corrected chi connectivity index (χ3v) is 3.54. The van der Waals surface area contributed by atoms with Crippen LogP contribution in [-0.4, -0.2) is 23.6 Å². The van der Waals surface area contributed by atoms with E-state index in [9.17, 15) is 14.3 Å². The minimum atomic E-state index is -0.926. The van der Waals surface area contributed by atoms with E-state index in [-0.39, 0.29) is 18.3 Å². The van der Waals surface area contributed by atoms with Gasteiger partial charge in [0.05, 0.1) is 30.3 Å². The molecule has 2 aromatic rings. The van der Waals surface area contributed by atoms with Gasteiger partial charge in [-0.1, -0.05) is 12.1 Å². The summed E-state index contributed by atoms with van der Waals surface area (Å²) in [6.07, 6.45) is -0.926. The van der Waals surface area contributed by atoms with Crippen molar-refractivity contribution in [2.75, 3.05) is 11.9 Å². The van der Waals surface area contributed by atoms with Crippen molar-refractivity contribution in [2.24, 2.45) is 0 Å². The molecule has 2 rings (SSSR count). The molecule has 0 saturated carbocycles. The molecule has 0 aromatic heterocycles. The van der Waals surface area contributed by atoms with Crippen LogP contribution in [0.25, 0.3) is 0 Å². The van der Waals surface area contributed by atoms with E-state index >= 15 is 0 Å². The third kappa shape index (κ3) is 4.80. The van der Waals surface area contributed by atoms with Crippen LogP contribution in [0, 0.1) is 17.1 Å². The van der Waals surface area contributed by atoms with E-state index in [1.807, 2.05) is 6.07 Å². The number of aliphatic hydroxyl groups is 1. The Kier molecular flexibility index (Phi) is 5.88. The lowest BCUT2D eigenvalue weighted by molar-refractivity contribution is -0.120. The summed E-state index contributed by atoms with van der Waals surface area (Å²) in [5.74, 6) is -0.665. The zero-order valence-corrected chi connectivity index (χ0v) is 13.2. The average Bonchev–Trinajstić information content (AvgIpc) is 2.60. The molecule has 0 radical (unpaired) electrons. The Morgan fingerprint density at radius 3 is 2.42 bits per heavy atom. The summed E-state index contributed by atoms with van der Waals surface area (Å²) in [5.41, 5.74) is 1.79. The van der Waals surface area contributed by atoms with Crippen LogP contribution in [0.3, 0.4) is 0 Å². The molecule has 0 saturated heterocycles. The van der Waals surface area contributed by atoms with Crippen LogP contribution in [0.15, 0.2) is 48.5 Å². The lowest BCUT2D eigenvalue weighted by Crippen LogP contribution is -2.40. The minimum Gasteiger partial charge on any atom is -0.386 e. The van der Waals surface area contributed by atoms with Gasteiger partial charge in [0.15, 0.2) is 0 Å². The Labute approximate surface area is 139 Å². The largest absolute Gasteiger partial charge is 0.386 e. The number of carbonyl (C=O) groups excluding carboxylic acids is 1. The summed E-state index contributed by atoms with van der Waals surface area (Å²) in [4.78, 5) is 11.9. The number of nitrogens with zero attached hydrogens (tertiary/aromatic N) is 1. The van der Waals surface area contributed by atoms with Crippen LogP contribution in [0.5, 0.6) is 0 Å². The number of benzene rings is 2. The van der Waals surface area contributed by atoms with E-state index in [1.54, 1.807) is 31.2 Å². The molecule has 0 fully saturated rings. The molecule has 2 unspecified atom stereocenters. The molecule has 0 bridgehead atoms. The molecule has 0 aliphatic rings. The first-order chi connectivity index (χ1) is 11.5. The van der Waals surface area contributed by atoms with Crippen molar-refractivity contribution in [1.82, 2.24) is 5.32 Å². The van der Waals surface area contributed by atoms with Crippen molar-refractivity contribution in [1.29, 1.82) is 5.26 Å². The summed E-state index contributed by atoms with van der Waals surface area (Å²) in [7, 11) is 0. The lowest BCUT2D eigenvalue weighted by atomic mass is 10.0. The van der Waals surface area contributed by atoms with Crippen LogP contribution in [-0.2, 0) is 4.79 Å². The van der Waals surface area contributed by atoms with Gasteiger partial charge in [-0.2, -0.15) is 5.26 Å². The van der Waals surface area contributed by atoms with Gasteiger partial charge in [0.25, 0.3) is 0 Å². The highest BCUT2D eigenvalue weighted by atomic mass is 19.1. The van der Waals surface area contributed by atoms with E-state index in [4.69, 9.17) is 5.26 Å². The summed E-state index contributed by atoms with van der Waals surface area (Å²) in [5, 5.41) is 24.5. The van der Waals surface area contributed by atoms with Crippen molar-refractivity contribution < 1.29 is 14.3 Å². The fourth-order valence-electron chi connectivity index (χ4n) is 2.18. The molecule has 0 spiro atoms. The summed E-state index contributed by atoms with van der Waals surface area (Å²) < 4.78 is 12.9. The first kappa shape index (κ1) is 17.4. The topological polar surface area (TPSA) is 85.2 Å². The van der Waals surface area contributed by atoms with Gasteiger partial charge in [0, 0.05) is 5.69 Å². The average molecular weight is 327 g/mol. The second kappa shape index (κ2) is 8.09. The molecule has 0 aliphatic heterocycles. The number of nitrogens with one attached hydrogen (secondary N) is 2. The Hall–Kier alpha value is -2.91. The monoisotopic (exact) mass is 327 g/mol. The number of anilines is 1. The first-order valence-electron chi connectivity index (χ1n) is 7.46. The quantitative estimate of drug-likeness (QED) is 0.760. The maximum atomic E-state index is 12.9. The smallest absolute Gasteiger partial charge is 0.239 e. The van der Waals surface area contributed by atoms with E-state index in [0.29, 0.717) is 11.1 Å². The molecule has 124 valence electrons. The number of hydrogen-bond acceptors (Lipinski definition) is 4. The molecule has 24 heavy (non-hydrogen) atoms. The highest BCUT2D eigenvalue weighted by Crippen LogP contribution is 2.17. The van der Waals surface area contributed by atoms with E-state index in [2.05, 4.69) is 10.6 Å². The highest BCUT2D eigenvalue weighted by molar-refractivity contribution is 5.81. The Morgan fingerprint density at radius 1 is 1.21 bits per heavy atom. The van der Waals surface area contributed by atoms with E-state index in [1.165, 1.54) is 24.3 Å². The molecule has 2 atom stereocenters. The van der Waals surface area contributed by atoms with Gasteiger partial charge < -0.3 is 15.7 Å². The van der Waals surface area contributed by atoms with Gasteiger partial charge in [-0.25, -0.2) is 4.39 Å². The maximum Gasteiger partial charge on any atom is 0.239 e. The van der Waals surface area contributed by atoms with Crippen LogP contribution >= 0.6 is 0 Å². The standard InChI is InChI=1S/C18H18FN3O2/c1-12(18(24)14-4-6-15(19)7-5-14)22-17(23)11-21-16-8-2-13(10-20)3-9-16/h2-9,12,18,21,24H,11H2,1H3,(H,22,23). The number of amides is 1. The number of hydrogen-bond donors (Lipinski definition) is 3. The molecule has 6 heteroatoms. The molecule has 1 amide bonds. The van der Waals surface area contributed by atoms with Crippen molar-refractivity contribution in [2.45, 2.75) is 19.1 Å². The molecule has 2 aromatic carbocycles. The van der Waals surface area contributed by atoms with Gasteiger partial charge >= 0.3 is 0 Å². The minimum absolute atomic E-state index is 0.0341. The number of aliphatic hydroxyl groups excluding tert-OH is 1. The maximum absolute atomic E-state index is 12.9. The number of rotatable bonds is 6. The van der Waals surface area contributed by atoms with E-state index in [0.717, 1.165) is 5.69 Å². The van der Waals surface area contributed by atoms with Crippen LogP contribution in [0.4, 0.5) is 10.1 Å². The van der Waals surface area contributed by atoms with Crippen molar-refractivity contribution in [3.8, 4) is 6.07 Å². The molecular formula is C18H18FN3O2. The summed E-state index contributed by atoms with van der Waals surface area (Å²) in [6, 6.07) is 13.7. The van der Waals surface area contributed by atoms with Gasteiger partial charge in [0.2, 0.25) is 5.91 Å². The SMILES string of the molecule is CC(NC(=O)CNc1ccc(C#N)cc1)C(O)c1ccc(F)cc1. The zero-order valence-electron chi connectivity index (χ0n) is 13.2. The van der Waals surface area contributed by atoms with Crippen molar-refractivity contribution in [3.05, 3.63) is 65.5 Å². The molecule has 3 N–H and O–H groups in total. The van der Waals surface area contributed by atoms with Gasteiger partial charge in [0.1, 0.15) is 5.82 Å². The summed E-state index contributed by atoms with van der Waals surface area (Å²) >= 11 is 0. The van der Waals surface area contributed by atoms with Crippen molar-refractivity contribution >= 4 is 11.6 Å². The Bertz CT molecular complexity index is 723. The highest BCUT2D eigenvalue weighted by Gasteiger charge is 2.18. The molecule has 0 aliphatic carbocycles. The fraction of sp³-hybridized carbons (Fsp3) is 0.222. The predicted octanol–water partition coefficient (Wildman–Crippen LogP) is 2.35. The van der Waals surface area contributed by atoms with Gasteiger partial charge in [-0.3, -0.25) is 4.79 Å². The van der Waals surface area contributed by atoms with Crippen molar-refractivity contribution in [3.63, 3.8) is 0 Å². The molecule has 0 heterocycles. The summed E-state index contributed by atoms with van der Waals surface area (Å²) in [6.45, 7) is 1.71. The number of halogens is 1. The lowest BCUT2D eigenvalue weighted by Gasteiger charge is -2.21. The Balaban J connectivity index is 1.84. The second-order valence-corrected chi connectivity index (χ2v) is 5.40. The number of nitriles is 1. The van der Waals surface area contributed by atoms with E-state index < -0.39 is 12.1 Å². The molecule has 5 nitrogen and oxygen atoms in total. The predicted molar refractivity (Wildman–Crippen MR) is 88.6 cm³/mol. The van der Waals surface area contributed by atoms with Crippen LogP contribution < -0.4 is 10.6 Å². The van der Waals surface area contributed by atoms with Crippen LogP contribution in [0.1, 0.15) is 24.2 Å². The van der Waals surface area contributed by atoms with Crippen LogP contribution in [0.2, 0.25) is 0 Å². The third-order valence-electron chi connectivity index (χ3n) is 3.54. The Morgan fingerprint density at radius 2 is 1.83 bits per heavy atom. The molecular weight excluding hydrogens is 309 g/mol. The first-order valence-corrected chi connectivity index (χ1v) is 7.46. The van der Waals surface area contributed by atoms with Gasteiger partial charge in [-0.15, -0.1) is 0 Å². The zero-order chi connectivity index (χ0) is 17.5. The second-order valence-electron chi connectivity index (χ2n) is 5.40. The fourth-order valence-corrected chi connectivity index (χ4v) is 2.18. The number of carbonyl (C=O) groups is 1. The normalized spacial score (nSPS) is 12.8.